The largest absolute Gasteiger partial charge is 0.480 e. The van der Waals surface area contributed by atoms with Gasteiger partial charge in [-0.15, -0.1) is 0 Å². The minimum atomic E-state index is -1.17. The maximum atomic E-state index is 11.6. The standard InChI is InChI=1S/C28H43N5O10/c1-21-2-4-22(5-3-21)14-23(15-32(19-27(40)41)20-28(42)43)33-12-10-30(17-25(36)37)8-6-29(16-24(34)35)7-9-31(11-13-33)18-26(38)39/h2-5,23H,6-20H2,1H3,(H,34,35)(H,36,37)(H,38,39)(H,40,41)(H,42,43). The maximum Gasteiger partial charge on any atom is 0.317 e. The van der Waals surface area contributed by atoms with Crippen LogP contribution in [0.15, 0.2) is 24.3 Å². The van der Waals surface area contributed by atoms with Crippen molar-refractivity contribution in [3.8, 4) is 0 Å². The van der Waals surface area contributed by atoms with Crippen LogP contribution in [-0.4, -0.2) is 178 Å². The van der Waals surface area contributed by atoms with Crippen molar-refractivity contribution in [1.82, 2.24) is 24.5 Å². The summed E-state index contributed by atoms with van der Waals surface area (Å²) < 4.78 is 0. The van der Waals surface area contributed by atoms with Crippen molar-refractivity contribution in [2.24, 2.45) is 0 Å². The molecule has 0 saturated carbocycles. The number of rotatable bonds is 15. The summed E-state index contributed by atoms with van der Waals surface area (Å²) in [6.07, 6.45) is 0.445. The first kappa shape index (κ1) is 35.6. The molecule has 1 aliphatic rings. The Balaban J connectivity index is 2.43. The zero-order valence-corrected chi connectivity index (χ0v) is 24.5. The summed E-state index contributed by atoms with van der Waals surface area (Å²) in [6, 6.07) is 7.40. The number of carbonyl (C=O) groups is 5. The predicted molar refractivity (Wildman–Crippen MR) is 154 cm³/mol. The Labute approximate surface area is 250 Å². The van der Waals surface area contributed by atoms with Crippen LogP contribution in [0.3, 0.4) is 0 Å². The molecule has 15 heteroatoms. The molecule has 0 radical (unpaired) electrons. The number of hydrogen-bond acceptors (Lipinski definition) is 10. The van der Waals surface area contributed by atoms with Crippen LogP contribution in [0.5, 0.6) is 0 Å². The van der Waals surface area contributed by atoms with Gasteiger partial charge in [-0.3, -0.25) is 48.5 Å². The minimum absolute atomic E-state index is 0.0940. The molecule has 1 aliphatic heterocycles. The third-order valence-corrected chi connectivity index (χ3v) is 7.24. The first-order valence-electron chi connectivity index (χ1n) is 14.1. The SMILES string of the molecule is Cc1ccc(CC(CN(CC(=O)O)CC(=O)O)N2CCN(CC(=O)O)CCN(CC(=O)O)CCN(CC(=O)O)CC2)cc1. The zero-order valence-electron chi connectivity index (χ0n) is 24.5. The third kappa shape index (κ3) is 14.9. The fraction of sp³-hybridized carbons (Fsp3) is 0.607. The van der Waals surface area contributed by atoms with E-state index in [2.05, 4.69) is 0 Å². The van der Waals surface area contributed by atoms with Gasteiger partial charge in [0.05, 0.1) is 32.7 Å². The fourth-order valence-electron chi connectivity index (χ4n) is 5.14. The number of carboxylic acid groups (broad SMARTS) is 5. The van der Waals surface area contributed by atoms with Crippen LogP contribution in [-0.2, 0) is 30.4 Å². The lowest BCUT2D eigenvalue weighted by Crippen LogP contribution is -2.53. The van der Waals surface area contributed by atoms with Gasteiger partial charge in [0, 0.05) is 64.9 Å². The summed E-state index contributed by atoms with van der Waals surface area (Å²) in [4.78, 5) is 66.3. The average Bonchev–Trinajstić information content (AvgIpc) is 2.88. The Morgan fingerprint density at radius 3 is 1.35 bits per heavy atom. The van der Waals surface area contributed by atoms with Gasteiger partial charge in [-0.25, -0.2) is 0 Å². The molecule has 240 valence electrons. The molecule has 0 amide bonds. The highest BCUT2D eigenvalue weighted by atomic mass is 16.4. The Morgan fingerprint density at radius 2 is 1.00 bits per heavy atom. The van der Waals surface area contributed by atoms with Gasteiger partial charge >= 0.3 is 29.8 Å². The van der Waals surface area contributed by atoms with Crippen LogP contribution in [0.2, 0.25) is 0 Å². The molecule has 43 heavy (non-hydrogen) atoms. The highest BCUT2D eigenvalue weighted by Gasteiger charge is 2.27. The second kappa shape index (κ2) is 18.1. The molecule has 1 fully saturated rings. The molecule has 1 saturated heterocycles. The topological polar surface area (TPSA) is 203 Å². The molecular weight excluding hydrogens is 566 g/mol. The Kier molecular flexibility index (Phi) is 15.0. The van der Waals surface area contributed by atoms with Gasteiger partial charge in [-0.05, 0) is 18.9 Å². The first-order chi connectivity index (χ1) is 20.3. The predicted octanol–water partition coefficient (Wildman–Crippen LogP) is -1.15. The van der Waals surface area contributed by atoms with Crippen molar-refractivity contribution < 1.29 is 49.5 Å². The molecule has 1 unspecified atom stereocenters. The van der Waals surface area contributed by atoms with Gasteiger partial charge in [-0.1, -0.05) is 29.8 Å². The summed E-state index contributed by atoms with van der Waals surface area (Å²) in [5.74, 6) is -5.47. The molecule has 2 rings (SSSR count). The molecule has 1 aromatic carbocycles. The van der Waals surface area contributed by atoms with Crippen LogP contribution in [0, 0.1) is 6.92 Å². The second-order valence-corrected chi connectivity index (χ2v) is 10.8. The first-order valence-corrected chi connectivity index (χ1v) is 14.1. The van der Waals surface area contributed by atoms with E-state index in [9.17, 15) is 49.5 Å². The van der Waals surface area contributed by atoms with Crippen molar-refractivity contribution in [3.05, 3.63) is 35.4 Å². The molecule has 15 nitrogen and oxygen atoms in total. The molecular formula is C28H43N5O10. The smallest absolute Gasteiger partial charge is 0.317 e. The van der Waals surface area contributed by atoms with E-state index >= 15 is 0 Å². The van der Waals surface area contributed by atoms with Crippen LogP contribution >= 0.6 is 0 Å². The van der Waals surface area contributed by atoms with E-state index in [4.69, 9.17) is 0 Å². The van der Waals surface area contributed by atoms with E-state index in [0.29, 0.717) is 19.5 Å². The fourth-order valence-corrected chi connectivity index (χ4v) is 5.14. The molecule has 1 aromatic rings. The van der Waals surface area contributed by atoms with Gasteiger partial charge in [0.2, 0.25) is 0 Å². The number of aliphatic carboxylic acids is 5. The van der Waals surface area contributed by atoms with Gasteiger partial charge in [0.15, 0.2) is 0 Å². The number of aryl methyl sites for hydroxylation is 1. The lowest BCUT2D eigenvalue weighted by Gasteiger charge is -2.38. The van der Waals surface area contributed by atoms with Gasteiger partial charge < -0.3 is 25.5 Å². The highest BCUT2D eigenvalue weighted by Crippen LogP contribution is 2.14. The van der Waals surface area contributed by atoms with Crippen LogP contribution in [0.1, 0.15) is 11.1 Å². The summed E-state index contributed by atoms with van der Waals surface area (Å²) in [5, 5.41) is 47.3. The minimum Gasteiger partial charge on any atom is -0.480 e. The number of nitrogens with zero attached hydrogens (tertiary/aromatic N) is 5. The van der Waals surface area contributed by atoms with Gasteiger partial charge in [0.1, 0.15) is 0 Å². The molecule has 0 aliphatic carbocycles. The molecule has 1 atom stereocenters. The van der Waals surface area contributed by atoms with E-state index < -0.39 is 42.9 Å². The number of carboxylic acids is 5. The molecule has 0 bridgehead atoms. The van der Waals surface area contributed by atoms with Gasteiger partial charge in [-0.2, -0.15) is 0 Å². The van der Waals surface area contributed by atoms with Crippen molar-refractivity contribution in [2.75, 3.05) is 91.6 Å². The summed E-state index contributed by atoms with van der Waals surface area (Å²) >= 11 is 0. The molecule has 0 aromatic heterocycles. The van der Waals surface area contributed by atoms with Crippen molar-refractivity contribution in [2.45, 2.75) is 19.4 Å². The summed E-state index contributed by atoms with van der Waals surface area (Å²) in [6.45, 7) is 2.55. The van der Waals surface area contributed by atoms with E-state index in [1.807, 2.05) is 36.1 Å². The van der Waals surface area contributed by atoms with Crippen molar-refractivity contribution in [3.63, 3.8) is 0 Å². The zero-order chi connectivity index (χ0) is 31.9. The van der Waals surface area contributed by atoms with Gasteiger partial charge in [0.25, 0.3) is 0 Å². The van der Waals surface area contributed by atoms with E-state index in [0.717, 1.165) is 11.1 Å². The van der Waals surface area contributed by atoms with Crippen LogP contribution in [0.25, 0.3) is 0 Å². The highest BCUT2D eigenvalue weighted by molar-refractivity contribution is 5.72. The normalized spacial score (nSPS) is 17.5. The van der Waals surface area contributed by atoms with Crippen molar-refractivity contribution >= 4 is 29.8 Å². The average molecular weight is 610 g/mol. The van der Waals surface area contributed by atoms with Crippen LogP contribution in [0.4, 0.5) is 0 Å². The maximum absolute atomic E-state index is 11.6. The molecule has 0 spiro atoms. The Morgan fingerprint density at radius 1 is 0.628 bits per heavy atom. The monoisotopic (exact) mass is 609 g/mol. The lowest BCUT2D eigenvalue weighted by molar-refractivity contribution is -0.142. The number of benzene rings is 1. The Hall–Kier alpha value is -3.63. The lowest BCUT2D eigenvalue weighted by atomic mass is 10.0. The van der Waals surface area contributed by atoms with E-state index in [-0.39, 0.29) is 71.5 Å². The van der Waals surface area contributed by atoms with E-state index in [1.54, 1.807) is 14.7 Å². The molecule has 5 N–H and O–H groups in total. The Bertz CT molecular complexity index is 1040. The third-order valence-electron chi connectivity index (χ3n) is 7.24. The number of hydrogen-bond donors (Lipinski definition) is 5. The molecule has 1 heterocycles. The quantitative estimate of drug-likeness (QED) is 0.159. The van der Waals surface area contributed by atoms with Crippen LogP contribution < -0.4 is 0 Å². The second-order valence-electron chi connectivity index (χ2n) is 10.8. The summed E-state index contributed by atoms with van der Waals surface area (Å²) in [7, 11) is 0. The van der Waals surface area contributed by atoms with Crippen molar-refractivity contribution in [1.29, 1.82) is 0 Å². The van der Waals surface area contributed by atoms with E-state index in [1.165, 1.54) is 4.90 Å². The summed E-state index contributed by atoms with van der Waals surface area (Å²) in [5.41, 5.74) is 2.00.